The van der Waals surface area contributed by atoms with Crippen molar-refractivity contribution in [2.75, 3.05) is 0 Å². The summed E-state index contributed by atoms with van der Waals surface area (Å²) in [5.41, 5.74) is 2.22. The van der Waals surface area contributed by atoms with Crippen LogP contribution < -0.4 is 4.72 Å². The van der Waals surface area contributed by atoms with Crippen molar-refractivity contribution in [1.82, 2.24) is 19.9 Å². The predicted molar refractivity (Wildman–Crippen MR) is 87.5 cm³/mol. The number of nitrogens with one attached hydrogen (secondary N) is 1. The average molecular weight is 344 g/mol. The van der Waals surface area contributed by atoms with E-state index in [0.717, 1.165) is 5.56 Å². The van der Waals surface area contributed by atoms with Crippen LogP contribution in [0.3, 0.4) is 0 Å². The van der Waals surface area contributed by atoms with E-state index in [0.29, 0.717) is 11.3 Å². The number of hydrogen-bond donors (Lipinski definition) is 1. The van der Waals surface area contributed by atoms with Gasteiger partial charge in [-0.3, -0.25) is 4.98 Å². The molecule has 0 atom stereocenters. The van der Waals surface area contributed by atoms with Gasteiger partial charge in [0, 0.05) is 6.20 Å². The third kappa shape index (κ3) is 3.50. The van der Waals surface area contributed by atoms with Crippen LogP contribution in [0, 0.1) is 13.8 Å². The number of aromatic nitrogens is 3. The van der Waals surface area contributed by atoms with Crippen molar-refractivity contribution in [1.29, 1.82) is 0 Å². The van der Waals surface area contributed by atoms with E-state index in [2.05, 4.69) is 19.9 Å². The molecule has 0 aliphatic carbocycles. The molecular formula is C16H16N4O3S. The number of hydrogen-bond acceptors (Lipinski definition) is 6. The van der Waals surface area contributed by atoms with Crippen LogP contribution in [0.4, 0.5) is 0 Å². The van der Waals surface area contributed by atoms with Gasteiger partial charge in [0.2, 0.25) is 15.9 Å². The van der Waals surface area contributed by atoms with Gasteiger partial charge in [0.05, 0.1) is 11.4 Å². The van der Waals surface area contributed by atoms with Crippen LogP contribution >= 0.6 is 0 Å². The molecule has 2 heterocycles. The lowest BCUT2D eigenvalue weighted by atomic mass is 10.2. The molecule has 3 aromatic rings. The van der Waals surface area contributed by atoms with Crippen molar-refractivity contribution >= 4 is 10.0 Å². The maximum Gasteiger partial charge on any atom is 0.266 e. The van der Waals surface area contributed by atoms with Gasteiger partial charge in [0.25, 0.3) is 5.89 Å². The zero-order valence-corrected chi connectivity index (χ0v) is 14.0. The topological polar surface area (TPSA) is 98.0 Å². The molecular weight excluding hydrogens is 328 g/mol. The molecule has 0 aliphatic heterocycles. The first-order valence-electron chi connectivity index (χ1n) is 7.26. The molecule has 1 aromatic carbocycles. The Hall–Kier alpha value is -2.58. The van der Waals surface area contributed by atoms with Gasteiger partial charge in [0.15, 0.2) is 0 Å². The van der Waals surface area contributed by atoms with Crippen LogP contribution in [0.15, 0.2) is 51.9 Å². The van der Waals surface area contributed by atoms with Gasteiger partial charge in [0.1, 0.15) is 5.69 Å². The van der Waals surface area contributed by atoms with Crippen molar-refractivity contribution in [3.63, 3.8) is 0 Å². The first kappa shape index (κ1) is 16.3. The molecule has 0 bridgehead atoms. The van der Waals surface area contributed by atoms with Crippen molar-refractivity contribution in [2.45, 2.75) is 25.3 Å². The van der Waals surface area contributed by atoms with Crippen molar-refractivity contribution in [3.05, 3.63) is 59.6 Å². The van der Waals surface area contributed by atoms with Gasteiger partial charge < -0.3 is 4.42 Å². The summed E-state index contributed by atoms with van der Waals surface area (Å²) in [4.78, 5) is 4.34. The van der Waals surface area contributed by atoms with E-state index < -0.39 is 10.0 Å². The van der Waals surface area contributed by atoms with E-state index in [1.807, 2.05) is 13.0 Å². The average Bonchev–Trinajstić information content (AvgIpc) is 3.02. The number of sulfonamides is 1. The summed E-state index contributed by atoms with van der Waals surface area (Å²) >= 11 is 0. The Balaban J connectivity index is 1.75. The molecule has 124 valence electrons. The lowest BCUT2D eigenvalue weighted by molar-refractivity contribution is 0.493. The second-order valence-electron chi connectivity index (χ2n) is 5.31. The van der Waals surface area contributed by atoms with Gasteiger partial charge >= 0.3 is 0 Å². The van der Waals surface area contributed by atoms with E-state index in [1.165, 1.54) is 0 Å². The zero-order chi connectivity index (χ0) is 17.2. The molecule has 1 N–H and O–H groups in total. The number of nitrogens with zero attached hydrogens (tertiary/aromatic N) is 3. The Morgan fingerprint density at radius 2 is 1.96 bits per heavy atom. The summed E-state index contributed by atoms with van der Waals surface area (Å²) < 4.78 is 32.7. The van der Waals surface area contributed by atoms with Crippen LogP contribution in [0.1, 0.15) is 17.0 Å². The summed E-state index contributed by atoms with van der Waals surface area (Å²) in [5.74, 6) is 0.417. The van der Waals surface area contributed by atoms with E-state index in [-0.39, 0.29) is 23.2 Å². The fourth-order valence-electron chi connectivity index (χ4n) is 2.25. The maximum atomic E-state index is 12.4. The fourth-order valence-corrected chi connectivity index (χ4v) is 3.45. The van der Waals surface area contributed by atoms with Gasteiger partial charge in [-0.05, 0) is 37.6 Å². The first-order valence-corrected chi connectivity index (χ1v) is 8.75. The second kappa shape index (κ2) is 6.50. The standard InChI is InChI=1S/C16H16N4O3S/c1-11-6-7-14(12(2)9-11)24(21,22)18-10-15-19-20-16(23-15)13-5-3-4-8-17-13/h3-9,18H,10H2,1-2H3. The quantitative estimate of drug-likeness (QED) is 0.762. The Morgan fingerprint density at radius 1 is 1.12 bits per heavy atom. The van der Waals surface area contributed by atoms with E-state index in [4.69, 9.17) is 4.42 Å². The van der Waals surface area contributed by atoms with Gasteiger partial charge in [-0.15, -0.1) is 10.2 Å². The number of pyridine rings is 1. The normalized spacial score (nSPS) is 11.6. The van der Waals surface area contributed by atoms with Crippen LogP contribution in [0.5, 0.6) is 0 Å². The minimum absolute atomic E-state index is 0.0878. The lowest BCUT2D eigenvalue weighted by Gasteiger charge is -2.08. The molecule has 8 heteroatoms. The van der Waals surface area contributed by atoms with E-state index >= 15 is 0 Å². The molecule has 24 heavy (non-hydrogen) atoms. The highest BCUT2D eigenvalue weighted by molar-refractivity contribution is 7.89. The molecule has 0 amide bonds. The summed E-state index contributed by atoms with van der Waals surface area (Å²) in [7, 11) is -3.65. The highest BCUT2D eigenvalue weighted by Crippen LogP contribution is 2.17. The van der Waals surface area contributed by atoms with Crippen LogP contribution in [0.2, 0.25) is 0 Å². The molecule has 0 fully saturated rings. The molecule has 0 saturated carbocycles. The Kier molecular flexibility index (Phi) is 4.41. The molecule has 0 radical (unpaired) electrons. The predicted octanol–water partition coefficient (Wildman–Crippen LogP) is 2.23. The molecule has 2 aromatic heterocycles. The Labute approximate surface area is 139 Å². The third-order valence-corrected chi connectivity index (χ3v) is 4.95. The van der Waals surface area contributed by atoms with Gasteiger partial charge in [-0.1, -0.05) is 23.8 Å². The summed E-state index contributed by atoms with van der Waals surface area (Å²) in [6, 6.07) is 10.5. The van der Waals surface area contributed by atoms with Crippen LogP contribution in [-0.2, 0) is 16.6 Å². The first-order chi connectivity index (χ1) is 11.5. The van der Waals surface area contributed by atoms with Gasteiger partial charge in [-0.25, -0.2) is 13.1 Å². The third-order valence-electron chi connectivity index (χ3n) is 3.38. The maximum absolute atomic E-state index is 12.4. The highest BCUT2D eigenvalue weighted by Gasteiger charge is 2.18. The SMILES string of the molecule is Cc1ccc(S(=O)(=O)NCc2nnc(-c3ccccn3)o2)c(C)c1. The number of rotatable bonds is 5. The minimum Gasteiger partial charge on any atom is -0.418 e. The summed E-state index contributed by atoms with van der Waals surface area (Å²) in [6.07, 6.45) is 1.61. The van der Waals surface area contributed by atoms with Gasteiger partial charge in [-0.2, -0.15) is 0 Å². The Bertz CT molecular complexity index is 952. The highest BCUT2D eigenvalue weighted by atomic mass is 32.2. The molecule has 0 spiro atoms. The minimum atomic E-state index is -3.65. The summed E-state index contributed by atoms with van der Waals surface area (Å²) in [6.45, 7) is 3.58. The Morgan fingerprint density at radius 3 is 2.67 bits per heavy atom. The van der Waals surface area contributed by atoms with Crippen molar-refractivity contribution in [2.24, 2.45) is 0 Å². The molecule has 0 unspecified atom stereocenters. The molecule has 0 aliphatic rings. The smallest absolute Gasteiger partial charge is 0.266 e. The second-order valence-corrected chi connectivity index (χ2v) is 7.04. The summed E-state index contributed by atoms with van der Waals surface area (Å²) in [5, 5.41) is 7.72. The van der Waals surface area contributed by atoms with E-state index in [1.54, 1.807) is 43.5 Å². The molecule has 3 rings (SSSR count). The number of benzene rings is 1. The monoisotopic (exact) mass is 344 g/mol. The molecule has 0 saturated heterocycles. The number of aryl methyl sites for hydroxylation is 2. The van der Waals surface area contributed by atoms with Crippen LogP contribution in [0.25, 0.3) is 11.6 Å². The largest absolute Gasteiger partial charge is 0.418 e. The van der Waals surface area contributed by atoms with Crippen molar-refractivity contribution in [3.8, 4) is 11.6 Å². The fraction of sp³-hybridized carbons (Fsp3) is 0.188. The lowest BCUT2D eigenvalue weighted by Crippen LogP contribution is -2.24. The van der Waals surface area contributed by atoms with E-state index in [9.17, 15) is 8.42 Å². The van der Waals surface area contributed by atoms with Crippen molar-refractivity contribution < 1.29 is 12.8 Å². The van der Waals surface area contributed by atoms with Crippen LogP contribution in [-0.4, -0.2) is 23.6 Å². The molecule has 7 nitrogen and oxygen atoms in total. The zero-order valence-electron chi connectivity index (χ0n) is 13.2.